The number of halogens is 1. The Morgan fingerprint density at radius 2 is 1.83 bits per heavy atom. The predicted octanol–water partition coefficient (Wildman–Crippen LogP) is 3.84. The lowest BCUT2D eigenvalue weighted by Crippen LogP contribution is -2.32. The fraction of sp³-hybridized carbons (Fsp3) is 0.333. The summed E-state index contributed by atoms with van der Waals surface area (Å²) in [5.74, 6) is -0.642. The molecule has 0 aliphatic heterocycles. The van der Waals surface area contributed by atoms with Gasteiger partial charge < -0.3 is 9.47 Å². The Morgan fingerprint density at radius 3 is 2.33 bits per heavy atom. The van der Waals surface area contributed by atoms with E-state index < -0.39 is 5.79 Å². The molecule has 1 unspecified atom stereocenters. The first kappa shape index (κ1) is 13.3. The van der Waals surface area contributed by atoms with Gasteiger partial charge in [0.15, 0.2) is 5.79 Å². The smallest absolute Gasteiger partial charge is 0.190 e. The summed E-state index contributed by atoms with van der Waals surface area (Å²) >= 11 is 6.46. The highest BCUT2D eigenvalue weighted by Crippen LogP contribution is 2.34. The van der Waals surface area contributed by atoms with Crippen LogP contribution in [0.15, 0.2) is 54.1 Å². The SMILES string of the molecule is COC1(OC)C=CC(C(Cl)c2ccccc2)=CC1. The van der Waals surface area contributed by atoms with Gasteiger partial charge in [0.05, 0.1) is 5.38 Å². The minimum Gasteiger partial charge on any atom is -0.349 e. The maximum atomic E-state index is 6.46. The van der Waals surface area contributed by atoms with Crippen LogP contribution in [0, 0.1) is 0 Å². The normalized spacial score (nSPS) is 19.4. The van der Waals surface area contributed by atoms with E-state index in [1.807, 2.05) is 42.5 Å². The first-order chi connectivity index (χ1) is 8.71. The summed E-state index contributed by atoms with van der Waals surface area (Å²) in [7, 11) is 3.28. The van der Waals surface area contributed by atoms with Crippen LogP contribution in [0.1, 0.15) is 17.4 Å². The topological polar surface area (TPSA) is 18.5 Å². The Morgan fingerprint density at radius 1 is 1.17 bits per heavy atom. The number of hydrogen-bond acceptors (Lipinski definition) is 2. The number of ether oxygens (including phenoxy) is 2. The second-order valence-corrected chi connectivity index (χ2v) is 4.67. The van der Waals surface area contributed by atoms with Crippen LogP contribution in [0.5, 0.6) is 0 Å². The number of benzene rings is 1. The van der Waals surface area contributed by atoms with Crippen LogP contribution in [-0.4, -0.2) is 20.0 Å². The number of alkyl halides is 1. The van der Waals surface area contributed by atoms with E-state index in [9.17, 15) is 0 Å². The van der Waals surface area contributed by atoms with Gasteiger partial charge in [-0.05, 0) is 17.2 Å². The van der Waals surface area contributed by atoms with Crippen LogP contribution >= 0.6 is 11.6 Å². The highest BCUT2D eigenvalue weighted by atomic mass is 35.5. The number of allylic oxidation sites excluding steroid dienone is 2. The van der Waals surface area contributed by atoms with E-state index in [1.165, 1.54) is 0 Å². The van der Waals surface area contributed by atoms with Gasteiger partial charge in [0.25, 0.3) is 0 Å². The summed E-state index contributed by atoms with van der Waals surface area (Å²) < 4.78 is 10.7. The molecular weight excluding hydrogens is 248 g/mol. The molecule has 0 saturated carbocycles. The van der Waals surface area contributed by atoms with Crippen LogP contribution in [-0.2, 0) is 9.47 Å². The molecule has 0 heterocycles. The lowest BCUT2D eigenvalue weighted by molar-refractivity contribution is -0.167. The van der Waals surface area contributed by atoms with E-state index in [4.69, 9.17) is 21.1 Å². The molecule has 1 aromatic rings. The average Bonchev–Trinajstić information content (AvgIpc) is 2.47. The third-order valence-electron chi connectivity index (χ3n) is 3.23. The molecule has 0 saturated heterocycles. The Hall–Kier alpha value is -1.09. The second kappa shape index (κ2) is 5.70. The maximum absolute atomic E-state index is 6.46. The molecule has 0 bridgehead atoms. The zero-order chi connectivity index (χ0) is 13.0. The molecule has 18 heavy (non-hydrogen) atoms. The molecule has 0 radical (unpaired) electrons. The second-order valence-electron chi connectivity index (χ2n) is 4.23. The molecule has 0 fully saturated rings. The summed E-state index contributed by atoms with van der Waals surface area (Å²) in [5.41, 5.74) is 2.17. The van der Waals surface area contributed by atoms with Gasteiger partial charge in [-0.3, -0.25) is 0 Å². The van der Waals surface area contributed by atoms with Crippen LogP contribution in [0.2, 0.25) is 0 Å². The molecule has 3 heteroatoms. The van der Waals surface area contributed by atoms with Crippen molar-refractivity contribution in [2.45, 2.75) is 17.6 Å². The van der Waals surface area contributed by atoms with Crippen molar-refractivity contribution in [2.75, 3.05) is 14.2 Å². The van der Waals surface area contributed by atoms with E-state index in [2.05, 4.69) is 6.08 Å². The van der Waals surface area contributed by atoms with Gasteiger partial charge in [-0.1, -0.05) is 42.5 Å². The zero-order valence-corrected chi connectivity index (χ0v) is 11.4. The van der Waals surface area contributed by atoms with Gasteiger partial charge in [-0.2, -0.15) is 0 Å². The molecule has 1 atom stereocenters. The predicted molar refractivity (Wildman–Crippen MR) is 73.6 cm³/mol. The van der Waals surface area contributed by atoms with Gasteiger partial charge in [0, 0.05) is 20.6 Å². The molecular formula is C15H17ClO2. The molecule has 2 rings (SSSR count). The number of hydrogen-bond donors (Lipinski definition) is 0. The molecule has 1 aliphatic carbocycles. The van der Waals surface area contributed by atoms with Gasteiger partial charge in [0.2, 0.25) is 0 Å². The van der Waals surface area contributed by atoms with Crippen molar-refractivity contribution >= 4 is 11.6 Å². The third kappa shape index (κ3) is 2.66. The average molecular weight is 265 g/mol. The van der Waals surface area contributed by atoms with Gasteiger partial charge in [0.1, 0.15) is 0 Å². The highest BCUT2D eigenvalue weighted by molar-refractivity contribution is 6.22. The quantitative estimate of drug-likeness (QED) is 0.608. The molecule has 0 N–H and O–H groups in total. The van der Waals surface area contributed by atoms with Gasteiger partial charge >= 0.3 is 0 Å². The van der Waals surface area contributed by atoms with Gasteiger partial charge in [-0.25, -0.2) is 0 Å². The van der Waals surface area contributed by atoms with Crippen molar-refractivity contribution in [1.82, 2.24) is 0 Å². The summed E-state index contributed by atoms with van der Waals surface area (Å²) in [5, 5.41) is -0.130. The Kier molecular flexibility index (Phi) is 4.23. The van der Waals surface area contributed by atoms with E-state index in [0.29, 0.717) is 6.42 Å². The summed E-state index contributed by atoms with van der Waals surface area (Å²) in [6.45, 7) is 0. The van der Waals surface area contributed by atoms with Crippen LogP contribution in [0.4, 0.5) is 0 Å². The molecule has 96 valence electrons. The molecule has 1 aliphatic rings. The fourth-order valence-corrected chi connectivity index (χ4v) is 2.32. The maximum Gasteiger partial charge on any atom is 0.190 e. The molecule has 0 spiro atoms. The van der Waals surface area contributed by atoms with Crippen LogP contribution < -0.4 is 0 Å². The first-order valence-electron chi connectivity index (χ1n) is 5.89. The summed E-state index contributed by atoms with van der Waals surface area (Å²) in [6.07, 6.45) is 6.63. The van der Waals surface area contributed by atoms with E-state index >= 15 is 0 Å². The van der Waals surface area contributed by atoms with Crippen molar-refractivity contribution in [2.24, 2.45) is 0 Å². The van der Waals surface area contributed by atoms with Crippen molar-refractivity contribution in [3.05, 3.63) is 59.7 Å². The van der Waals surface area contributed by atoms with Crippen LogP contribution in [0.3, 0.4) is 0 Å². The standard InChI is InChI=1S/C15H17ClO2/c1-17-15(18-2)10-8-13(9-11-15)14(16)12-6-4-3-5-7-12/h3-10,14H,11H2,1-2H3. The lowest BCUT2D eigenvalue weighted by atomic mass is 9.96. The monoisotopic (exact) mass is 264 g/mol. The zero-order valence-electron chi connectivity index (χ0n) is 10.6. The molecule has 0 amide bonds. The fourth-order valence-electron chi connectivity index (χ4n) is 2.01. The van der Waals surface area contributed by atoms with Crippen molar-refractivity contribution < 1.29 is 9.47 Å². The Balaban J connectivity index is 2.14. The summed E-state index contributed by atoms with van der Waals surface area (Å²) in [4.78, 5) is 0. The first-order valence-corrected chi connectivity index (χ1v) is 6.33. The lowest BCUT2D eigenvalue weighted by Gasteiger charge is -2.30. The van der Waals surface area contributed by atoms with E-state index in [0.717, 1.165) is 11.1 Å². The van der Waals surface area contributed by atoms with Gasteiger partial charge in [-0.15, -0.1) is 11.6 Å². The largest absolute Gasteiger partial charge is 0.349 e. The number of rotatable bonds is 4. The number of methoxy groups -OCH3 is 2. The molecule has 2 nitrogen and oxygen atoms in total. The van der Waals surface area contributed by atoms with Crippen molar-refractivity contribution in [1.29, 1.82) is 0 Å². The van der Waals surface area contributed by atoms with Crippen LogP contribution in [0.25, 0.3) is 0 Å². The highest BCUT2D eigenvalue weighted by Gasteiger charge is 2.28. The Labute approximate surface area is 113 Å². The minimum absolute atomic E-state index is 0.130. The van der Waals surface area contributed by atoms with Crippen molar-refractivity contribution in [3.63, 3.8) is 0 Å². The Bertz CT molecular complexity index is 447. The molecule has 1 aromatic carbocycles. The third-order valence-corrected chi connectivity index (χ3v) is 3.73. The minimum atomic E-state index is -0.642. The summed E-state index contributed by atoms with van der Waals surface area (Å²) in [6, 6.07) is 10.0. The van der Waals surface area contributed by atoms with Crippen molar-refractivity contribution in [3.8, 4) is 0 Å². The molecule has 0 aromatic heterocycles. The van der Waals surface area contributed by atoms with E-state index in [-0.39, 0.29) is 5.38 Å². The van der Waals surface area contributed by atoms with E-state index in [1.54, 1.807) is 14.2 Å².